The monoisotopic (exact) mass is 167 g/mol. The molecule has 1 unspecified atom stereocenters. The van der Waals surface area contributed by atoms with Crippen molar-refractivity contribution in [3.05, 3.63) is 24.5 Å². The molecule has 0 fully saturated rings. The number of rotatable bonds is 5. The maximum atomic E-state index is 9.53. The largest absolute Gasteiger partial charge is 0.391 e. The Morgan fingerprint density at radius 2 is 2.00 bits per heavy atom. The van der Waals surface area contributed by atoms with E-state index < -0.39 is 0 Å². The van der Waals surface area contributed by atoms with Crippen molar-refractivity contribution in [2.24, 2.45) is 0 Å². The molecule has 1 rings (SSSR count). The lowest BCUT2D eigenvalue weighted by molar-refractivity contribution is 0.141. The highest BCUT2D eigenvalue weighted by Gasteiger charge is 2.02. The zero-order valence-electron chi connectivity index (χ0n) is 7.61. The number of nitrogens with zero attached hydrogens (tertiary/aromatic N) is 1. The minimum Gasteiger partial charge on any atom is -0.391 e. The first kappa shape index (κ1) is 9.33. The fourth-order valence-corrected chi connectivity index (χ4v) is 1.27. The molecule has 2 nitrogen and oxygen atoms in total. The lowest BCUT2D eigenvalue weighted by atomic mass is 10.1. The summed E-state index contributed by atoms with van der Waals surface area (Å²) in [5.41, 5.74) is 0. The second-order valence-corrected chi connectivity index (χ2v) is 3.18. The second-order valence-electron chi connectivity index (χ2n) is 3.18. The molecule has 0 radical (unpaired) electrons. The van der Waals surface area contributed by atoms with Gasteiger partial charge in [-0.25, -0.2) is 0 Å². The van der Waals surface area contributed by atoms with Crippen molar-refractivity contribution >= 4 is 0 Å². The zero-order valence-corrected chi connectivity index (χ0v) is 7.61. The molecule has 0 aliphatic rings. The molecule has 1 aromatic rings. The van der Waals surface area contributed by atoms with Crippen LogP contribution in [0.25, 0.3) is 0 Å². The van der Waals surface area contributed by atoms with E-state index >= 15 is 0 Å². The quantitative estimate of drug-likeness (QED) is 0.713. The Morgan fingerprint density at radius 1 is 1.33 bits per heavy atom. The van der Waals surface area contributed by atoms with E-state index in [1.807, 2.05) is 29.1 Å². The van der Waals surface area contributed by atoms with Gasteiger partial charge in [0.2, 0.25) is 0 Å². The molecule has 0 bridgehead atoms. The summed E-state index contributed by atoms with van der Waals surface area (Å²) >= 11 is 0. The Morgan fingerprint density at radius 3 is 2.58 bits per heavy atom. The minimum atomic E-state index is -0.183. The van der Waals surface area contributed by atoms with E-state index in [9.17, 15) is 5.11 Å². The third-order valence-electron chi connectivity index (χ3n) is 1.98. The van der Waals surface area contributed by atoms with Crippen LogP contribution in [0.3, 0.4) is 0 Å². The van der Waals surface area contributed by atoms with Crippen molar-refractivity contribution in [1.29, 1.82) is 0 Å². The van der Waals surface area contributed by atoms with Crippen LogP contribution in [0.2, 0.25) is 0 Å². The van der Waals surface area contributed by atoms with Crippen molar-refractivity contribution in [2.75, 3.05) is 0 Å². The summed E-state index contributed by atoms with van der Waals surface area (Å²) in [6.07, 6.45) is 6.96. The number of aliphatic hydroxyl groups is 1. The summed E-state index contributed by atoms with van der Waals surface area (Å²) in [4.78, 5) is 0. The van der Waals surface area contributed by atoms with Gasteiger partial charge in [-0.1, -0.05) is 19.8 Å². The van der Waals surface area contributed by atoms with Gasteiger partial charge in [-0.15, -0.1) is 0 Å². The van der Waals surface area contributed by atoms with Crippen molar-refractivity contribution in [3.8, 4) is 0 Å². The maximum absolute atomic E-state index is 9.53. The SMILES string of the molecule is CCCCC(O)Cn1cccc1. The predicted octanol–water partition coefficient (Wildman–Crippen LogP) is 2.04. The van der Waals surface area contributed by atoms with Crippen LogP contribution in [0.15, 0.2) is 24.5 Å². The van der Waals surface area contributed by atoms with Crippen molar-refractivity contribution in [1.82, 2.24) is 4.57 Å². The summed E-state index contributed by atoms with van der Waals surface area (Å²) in [5, 5.41) is 9.53. The lowest BCUT2D eigenvalue weighted by Gasteiger charge is -2.10. The van der Waals surface area contributed by atoms with Gasteiger partial charge >= 0.3 is 0 Å². The molecule has 0 saturated carbocycles. The summed E-state index contributed by atoms with van der Waals surface area (Å²) < 4.78 is 2.01. The molecular weight excluding hydrogens is 150 g/mol. The number of hydrogen-bond donors (Lipinski definition) is 1. The highest BCUT2D eigenvalue weighted by Crippen LogP contribution is 2.03. The van der Waals surface area contributed by atoms with E-state index in [1.54, 1.807) is 0 Å². The van der Waals surface area contributed by atoms with Crippen molar-refractivity contribution < 1.29 is 5.11 Å². The Hall–Kier alpha value is -0.760. The molecule has 1 atom stereocenters. The van der Waals surface area contributed by atoms with Crippen LogP contribution in [-0.4, -0.2) is 15.8 Å². The van der Waals surface area contributed by atoms with Crippen LogP contribution < -0.4 is 0 Å². The van der Waals surface area contributed by atoms with E-state index in [2.05, 4.69) is 6.92 Å². The van der Waals surface area contributed by atoms with Gasteiger partial charge in [0.25, 0.3) is 0 Å². The van der Waals surface area contributed by atoms with Gasteiger partial charge in [0, 0.05) is 18.9 Å². The summed E-state index contributed by atoms with van der Waals surface area (Å²) in [6, 6.07) is 3.96. The molecule has 12 heavy (non-hydrogen) atoms. The fourth-order valence-electron chi connectivity index (χ4n) is 1.27. The van der Waals surface area contributed by atoms with Crippen LogP contribution in [0.4, 0.5) is 0 Å². The van der Waals surface area contributed by atoms with Gasteiger partial charge in [-0.3, -0.25) is 0 Å². The summed E-state index contributed by atoms with van der Waals surface area (Å²) in [7, 11) is 0. The van der Waals surface area contributed by atoms with Gasteiger partial charge in [0.05, 0.1) is 6.10 Å². The van der Waals surface area contributed by atoms with Gasteiger partial charge in [0.15, 0.2) is 0 Å². The molecule has 0 amide bonds. The first-order valence-electron chi connectivity index (χ1n) is 4.61. The summed E-state index contributed by atoms with van der Waals surface area (Å²) in [5.74, 6) is 0. The standard InChI is InChI=1S/C10H17NO/c1-2-3-6-10(12)9-11-7-4-5-8-11/h4-5,7-8,10,12H,2-3,6,9H2,1H3. The number of hydrogen-bond acceptors (Lipinski definition) is 1. The van der Waals surface area contributed by atoms with Crippen LogP contribution in [0.1, 0.15) is 26.2 Å². The van der Waals surface area contributed by atoms with E-state index in [0.29, 0.717) is 0 Å². The molecule has 68 valence electrons. The van der Waals surface area contributed by atoms with Gasteiger partial charge in [0.1, 0.15) is 0 Å². The highest BCUT2D eigenvalue weighted by atomic mass is 16.3. The Bertz CT molecular complexity index is 194. The van der Waals surface area contributed by atoms with E-state index in [1.165, 1.54) is 0 Å². The van der Waals surface area contributed by atoms with Crippen LogP contribution in [0.5, 0.6) is 0 Å². The highest BCUT2D eigenvalue weighted by molar-refractivity contribution is 4.90. The Labute approximate surface area is 73.8 Å². The molecule has 0 aliphatic carbocycles. The predicted molar refractivity (Wildman–Crippen MR) is 50.0 cm³/mol. The normalized spacial score (nSPS) is 13.2. The minimum absolute atomic E-state index is 0.183. The first-order valence-corrected chi connectivity index (χ1v) is 4.61. The van der Waals surface area contributed by atoms with Gasteiger partial charge in [-0.2, -0.15) is 0 Å². The molecule has 1 aromatic heterocycles. The molecule has 2 heteroatoms. The zero-order chi connectivity index (χ0) is 8.81. The maximum Gasteiger partial charge on any atom is 0.0718 e. The van der Waals surface area contributed by atoms with E-state index in [0.717, 1.165) is 25.8 Å². The lowest BCUT2D eigenvalue weighted by Crippen LogP contribution is -2.14. The number of unbranched alkanes of at least 4 members (excludes halogenated alkanes) is 1. The molecule has 0 aromatic carbocycles. The topological polar surface area (TPSA) is 25.2 Å². The molecular formula is C10H17NO. The molecule has 1 N–H and O–H groups in total. The van der Waals surface area contributed by atoms with Gasteiger partial charge in [-0.05, 0) is 18.6 Å². The van der Waals surface area contributed by atoms with Crippen LogP contribution in [0, 0.1) is 0 Å². The average molecular weight is 167 g/mol. The Balaban J connectivity index is 2.22. The number of aromatic nitrogens is 1. The second kappa shape index (κ2) is 4.99. The smallest absolute Gasteiger partial charge is 0.0718 e. The first-order chi connectivity index (χ1) is 5.83. The molecule has 0 saturated heterocycles. The van der Waals surface area contributed by atoms with Crippen molar-refractivity contribution in [2.45, 2.75) is 38.8 Å². The van der Waals surface area contributed by atoms with E-state index in [-0.39, 0.29) is 6.10 Å². The third-order valence-corrected chi connectivity index (χ3v) is 1.98. The third kappa shape index (κ3) is 3.09. The molecule has 0 spiro atoms. The molecule has 1 heterocycles. The Kier molecular flexibility index (Phi) is 3.88. The van der Waals surface area contributed by atoms with Gasteiger partial charge < -0.3 is 9.67 Å². The average Bonchev–Trinajstić information content (AvgIpc) is 2.53. The molecule has 0 aliphatic heterocycles. The fraction of sp³-hybridized carbons (Fsp3) is 0.600. The van der Waals surface area contributed by atoms with Crippen molar-refractivity contribution in [3.63, 3.8) is 0 Å². The van der Waals surface area contributed by atoms with E-state index in [4.69, 9.17) is 0 Å². The number of aliphatic hydroxyl groups excluding tert-OH is 1. The van der Waals surface area contributed by atoms with Crippen LogP contribution in [-0.2, 0) is 6.54 Å². The summed E-state index contributed by atoms with van der Waals surface area (Å²) in [6.45, 7) is 2.87. The van der Waals surface area contributed by atoms with Crippen LogP contribution >= 0.6 is 0 Å².